The molecule has 1 saturated carbocycles. The van der Waals surface area contributed by atoms with Gasteiger partial charge < -0.3 is 10.6 Å². The van der Waals surface area contributed by atoms with E-state index in [9.17, 15) is 0 Å². The van der Waals surface area contributed by atoms with Crippen LogP contribution in [0.25, 0.3) is 0 Å². The minimum absolute atomic E-state index is 0.404. The van der Waals surface area contributed by atoms with E-state index < -0.39 is 0 Å². The number of hydrogen-bond donors (Lipinski definition) is 2. The van der Waals surface area contributed by atoms with Crippen molar-refractivity contribution < 1.29 is 0 Å². The van der Waals surface area contributed by atoms with E-state index in [1.165, 1.54) is 23.3 Å². The SMILES string of the molecule is S=C(Nc1nnc(S[C@H]2C[C@@H]3CN(Cc4ccccc4)[C@H]2[C@@H]3Br)s1)Nc1ccc(Cl)cc1Cl. The van der Waals surface area contributed by atoms with Crippen LogP contribution in [0.4, 0.5) is 10.8 Å². The van der Waals surface area contributed by atoms with Crippen molar-refractivity contribution in [3.05, 3.63) is 64.1 Å². The Kier molecular flexibility index (Phi) is 7.46. The number of rotatable bonds is 6. The fourth-order valence-electron chi connectivity index (χ4n) is 4.47. The van der Waals surface area contributed by atoms with Gasteiger partial charge >= 0.3 is 0 Å². The number of thioether (sulfide) groups is 1. The first-order chi connectivity index (χ1) is 16.0. The highest BCUT2D eigenvalue weighted by atomic mass is 79.9. The van der Waals surface area contributed by atoms with E-state index in [2.05, 4.69) is 72.0 Å². The second-order valence-corrected chi connectivity index (χ2v) is 12.9. The van der Waals surface area contributed by atoms with Gasteiger partial charge in [-0.05, 0) is 48.3 Å². The van der Waals surface area contributed by atoms with E-state index >= 15 is 0 Å². The molecule has 2 aliphatic rings. The molecule has 1 saturated heterocycles. The lowest BCUT2D eigenvalue weighted by atomic mass is 10.1. The lowest BCUT2D eigenvalue weighted by molar-refractivity contribution is 0.211. The summed E-state index contributed by atoms with van der Waals surface area (Å²) in [6.45, 7) is 2.12. The second kappa shape index (κ2) is 10.4. The predicted octanol–water partition coefficient (Wildman–Crippen LogP) is 6.78. The van der Waals surface area contributed by atoms with E-state index in [4.69, 9.17) is 35.4 Å². The average molecular weight is 601 g/mol. The number of anilines is 2. The number of piperidine rings is 1. The second-order valence-electron chi connectivity index (χ2n) is 8.08. The number of halogens is 3. The molecule has 33 heavy (non-hydrogen) atoms. The zero-order valence-corrected chi connectivity index (χ0v) is 22.8. The molecular weight excluding hydrogens is 581 g/mol. The fraction of sp³-hybridized carbons (Fsp3) is 0.318. The van der Waals surface area contributed by atoms with E-state index in [1.54, 1.807) is 18.2 Å². The number of thiocarbonyl (C=S) groups is 1. The first-order valence-corrected chi connectivity index (χ1v) is 14.2. The first-order valence-electron chi connectivity index (χ1n) is 10.4. The van der Waals surface area contributed by atoms with Crippen LogP contribution in [0.15, 0.2) is 52.9 Å². The molecule has 2 heterocycles. The summed E-state index contributed by atoms with van der Waals surface area (Å²) in [7, 11) is 0. The van der Waals surface area contributed by atoms with Gasteiger partial charge in [0.05, 0.1) is 10.7 Å². The molecule has 2 aromatic carbocycles. The summed E-state index contributed by atoms with van der Waals surface area (Å²) in [6, 6.07) is 16.4. The molecule has 2 fully saturated rings. The Labute approximate surface area is 224 Å². The quantitative estimate of drug-likeness (QED) is 0.239. The maximum absolute atomic E-state index is 6.21. The molecule has 5 nitrogen and oxygen atoms in total. The van der Waals surface area contributed by atoms with Crippen molar-refractivity contribution >= 4 is 90.4 Å². The zero-order chi connectivity index (χ0) is 22.9. The van der Waals surface area contributed by atoms with Gasteiger partial charge in [0.15, 0.2) is 9.45 Å². The van der Waals surface area contributed by atoms with E-state index in [-0.39, 0.29) is 0 Å². The van der Waals surface area contributed by atoms with Gasteiger partial charge in [-0.2, -0.15) is 0 Å². The van der Waals surface area contributed by atoms with Crippen molar-refractivity contribution in [1.82, 2.24) is 15.1 Å². The van der Waals surface area contributed by atoms with Gasteiger partial charge in [0.25, 0.3) is 0 Å². The number of aromatic nitrogens is 2. The standard InChI is InChI=1S/C22H20BrCl2N5S3/c23-18-13-8-17(19(18)30(11-13)10-12-4-2-1-3-5-12)32-22-29-28-21(33-22)27-20(31)26-16-7-6-14(24)9-15(16)25/h1-7,9,13,17-19H,8,10-11H2,(H2,26,27,28,31)/t13-,17+,18-,19-/m1/s1. The number of benzene rings is 2. The molecule has 2 N–H and O–H groups in total. The summed E-state index contributed by atoms with van der Waals surface area (Å²) < 4.78 is 0.946. The lowest BCUT2D eigenvalue weighted by Gasteiger charge is -2.32. The van der Waals surface area contributed by atoms with Crippen LogP contribution in [-0.4, -0.2) is 42.9 Å². The van der Waals surface area contributed by atoms with Gasteiger partial charge in [0.1, 0.15) is 0 Å². The van der Waals surface area contributed by atoms with Crippen LogP contribution in [0.1, 0.15) is 12.0 Å². The van der Waals surface area contributed by atoms with Crippen molar-refractivity contribution in [2.24, 2.45) is 5.92 Å². The number of likely N-dealkylation sites (tertiary alicyclic amines) is 1. The van der Waals surface area contributed by atoms with E-state index in [0.29, 0.717) is 48.0 Å². The van der Waals surface area contributed by atoms with Crippen molar-refractivity contribution in [3.63, 3.8) is 0 Å². The number of alkyl halides is 1. The molecule has 5 rings (SSSR count). The Balaban J connectivity index is 1.19. The minimum atomic E-state index is 0.404. The number of fused-ring (bicyclic) bond motifs is 2. The van der Waals surface area contributed by atoms with E-state index in [0.717, 1.165) is 17.4 Å². The molecular formula is C22H20BrCl2N5S3. The topological polar surface area (TPSA) is 53.1 Å². The Morgan fingerprint density at radius 1 is 1.18 bits per heavy atom. The average Bonchev–Trinajstić information content (AvgIpc) is 3.43. The first kappa shape index (κ1) is 23.8. The van der Waals surface area contributed by atoms with E-state index in [1.807, 2.05) is 11.8 Å². The van der Waals surface area contributed by atoms with Crippen molar-refractivity contribution in [2.75, 3.05) is 17.2 Å². The van der Waals surface area contributed by atoms with Crippen molar-refractivity contribution in [2.45, 2.75) is 33.4 Å². The highest BCUT2D eigenvalue weighted by Gasteiger charge is 2.51. The molecule has 1 aliphatic heterocycles. The molecule has 1 aromatic heterocycles. The van der Waals surface area contributed by atoms with Gasteiger partial charge in [0.2, 0.25) is 5.13 Å². The zero-order valence-electron chi connectivity index (χ0n) is 17.2. The number of hydrogen-bond acceptors (Lipinski definition) is 6. The van der Waals surface area contributed by atoms with Gasteiger partial charge in [0, 0.05) is 34.2 Å². The third-order valence-electron chi connectivity index (χ3n) is 5.87. The highest BCUT2D eigenvalue weighted by molar-refractivity contribution is 9.09. The molecule has 4 atom stereocenters. The molecule has 3 aromatic rings. The van der Waals surface area contributed by atoms with Crippen molar-refractivity contribution in [1.29, 1.82) is 0 Å². The van der Waals surface area contributed by atoms with Crippen LogP contribution in [0.2, 0.25) is 10.0 Å². The van der Waals surface area contributed by atoms with Crippen LogP contribution < -0.4 is 10.6 Å². The van der Waals surface area contributed by atoms with Crippen molar-refractivity contribution in [3.8, 4) is 0 Å². The summed E-state index contributed by atoms with van der Waals surface area (Å²) in [5, 5.41) is 17.5. The van der Waals surface area contributed by atoms with Crippen LogP contribution in [0, 0.1) is 5.92 Å². The fourth-order valence-corrected chi connectivity index (χ4v) is 8.94. The third-order valence-corrected chi connectivity index (χ3v) is 10.1. The van der Waals surface area contributed by atoms with Gasteiger partial charge in [-0.15, -0.1) is 10.2 Å². The van der Waals surface area contributed by atoms with Gasteiger partial charge in [-0.1, -0.05) is 92.6 Å². The maximum Gasteiger partial charge on any atom is 0.212 e. The normalized spacial score (nSPS) is 24.2. The molecule has 2 bridgehead atoms. The maximum atomic E-state index is 6.21. The summed E-state index contributed by atoms with van der Waals surface area (Å²) in [5.41, 5.74) is 2.04. The monoisotopic (exact) mass is 599 g/mol. The molecule has 1 aliphatic carbocycles. The number of nitrogens with one attached hydrogen (secondary N) is 2. The Morgan fingerprint density at radius 3 is 2.76 bits per heavy atom. The van der Waals surface area contributed by atoms with Crippen LogP contribution in [0.5, 0.6) is 0 Å². The molecule has 0 unspecified atom stereocenters. The summed E-state index contributed by atoms with van der Waals surface area (Å²) in [5.74, 6) is 0.669. The predicted molar refractivity (Wildman–Crippen MR) is 147 cm³/mol. The molecule has 0 radical (unpaired) electrons. The Hall–Kier alpha value is -0.940. The lowest BCUT2D eigenvalue weighted by Crippen LogP contribution is -2.40. The summed E-state index contributed by atoms with van der Waals surface area (Å²) >= 11 is 24.9. The third kappa shape index (κ3) is 5.50. The summed E-state index contributed by atoms with van der Waals surface area (Å²) in [4.78, 5) is 3.13. The Bertz CT molecular complexity index is 1150. The molecule has 11 heteroatoms. The molecule has 0 amide bonds. The molecule has 172 valence electrons. The van der Waals surface area contributed by atoms with Gasteiger partial charge in [-0.25, -0.2) is 0 Å². The van der Waals surface area contributed by atoms with Crippen LogP contribution >= 0.6 is 74.4 Å². The van der Waals surface area contributed by atoms with Crippen LogP contribution in [-0.2, 0) is 6.54 Å². The Morgan fingerprint density at radius 2 is 2.00 bits per heavy atom. The van der Waals surface area contributed by atoms with Crippen LogP contribution in [0.3, 0.4) is 0 Å². The molecule has 0 spiro atoms. The van der Waals surface area contributed by atoms with Gasteiger partial charge in [-0.3, -0.25) is 4.90 Å². The smallest absolute Gasteiger partial charge is 0.212 e. The highest BCUT2D eigenvalue weighted by Crippen LogP contribution is 2.49. The number of nitrogens with zero attached hydrogens (tertiary/aromatic N) is 3. The minimum Gasteiger partial charge on any atom is -0.331 e. The summed E-state index contributed by atoms with van der Waals surface area (Å²) in [6.07, 6.45) is 1.19. The largest absolute Gasteiger partial charge is 0.331 e.